The number of ether oxygens (including phenoxy) is 2. The van der Waals surface area contributed by atoms with Crippen LogP contribution in [0.25, 0.3) is 0 Å². The zero-order chi connectivity index (χ0) is 18.0. The summed E-state index contributed by atoms with van der Waals surface area (Å²) in [5.41, 5.74) is 6.81. The molecule has 0 saturated carbocycles. The number of amides is 2. The molecule has 2 heterocycles. The summed E-state index contributed by atoms with van der Waals surface area (Å²) in [5, 5.41) is 0.578. The Morgan fingerprint density at radius 2 is 2.00 bits per heavy atom. The second-order valence-corrected chi connectivity index (χ2v) is 5.95. The van der Waals surface area contributed by atoms with Crippen LogP contribution < -0.4 is 10.5 Å². The fourth-order valence-electron chi connectivity index (χ4n) is 2.71. The second-order valence-electron chi connectivity index (χ2n) is 5.52. The maximum atomic E-state index is 12.3. The number of carbonyl (C=O) groups excluding carboxylic acids is 2. The summed E-state index contributed by atoms with van der Waals surface area (Å²) >= 11 is 5.96. The molecule has 1 unspecified atom stereocenters. The van der Waals surface area contributed by atoms with Crippen molar-refractivity contribution in [3.05, 3.63) is 58.7 Å². The third-order valence-electron chi connectivity index (χ3n) is 3.94. The molecule has 0 aliphatic carbocycles. The van der Waals surface area contributed by atoms with Crippen molar-refractivity contribution in [2.75, 3.05) is 13.7 Å². The lowest BCUT2D eigenvalue weighted by molar-refractivity contribution is -0.124. The first-order valence-electron chi connectivity index (χ1n) is 7.51. The SMILES string of the molecule is COc1ccc([C@H](c2ccc(Cl)cc2)N2CC(C(N)=O)OC2=O)cn1. The number of carbonyl (C=O) groups is 2. The smallest absolute Gasteiger partial charge is 0.411 e. The van der Waals surface area contributed by atoms with Crippen molar-refractivity contribution < 1.29 is 19.1 Å². The number of benzene rings is 1. The van der Waals surface area contributed by atoms with Gasteiger partial charge in [0.25, 0.3) is 5.91 Å². The minimum absolute atomic E-state index is 0.0630. The van der Waals surface area contributed by atoms with E-state index in [9.17, 15) is 9.59 Å². The van der Waals surface area contributed by atoms with E-state index in [4.69, 9.17) is 26.8 Å². The lowest BCUT2D eigenvalue weighted by Crippen LogP contribution is -2.34. The summed E-state index contributed by atoms with van der Waals surface area (Å²) in [7, 11) is 1.52. The highest BCUT2D eigenvalue weighted by molar-refractivity contribution is 6.30. The number of methoxy groups -OCH3 is 1. The first-order valence-corrected chi connectivity index (χ1v) is 7.89. The Kier molecular flexibility index (Phi) is 4.76. The second kappa shape index (κ2) is 6.98. The number of cyclic esters (lactones) is 1. The molecule has 1 saturated heterocycles. The maximum Gasteiger partial charge on any atom is 0.411 e. The molecule has 2 amide bonds. The summed E-state index contributed by atoms with van der Waals surface area (Å²) < 4.78 is 10.1. The van der Waals surface area contributed by atoms with Crippen molar-refractivity contribution in [1.29, 1.82) is 0 Å². The van der Waals surface area contributed by atoms with Gasteiger partial charge in [0.15, 0.2) is 6.10 Å². The Morgan fingerprint density at radius 3 is 2.52 bits per heavy atom. The average Bonchev–Trinajstić information content (AvgIpc) is 2.99. The Bertz CT molecular complexity index is 779. The van der Waals surface area contributed by atoms with E-state index >= 15 is 0 Å². The van der Waals surface area contributed by atoms with Crippen molar-refractivity contribution in [2.45, 2.75) is 12.1 Å². The van der Waals surface area contributed by atoms with E-state index in [-0.39, 0.29) is 6.54 Å². The molecule has 130 valence electrons. The summed E-state index contributed by atoms with van der Waals surface area (Å²) in [6.45, 7) is 0.0630. The monoisotopic (exact) mass is 361 g/mol. The van der Waals surface area contributed by atoms with E-state index in [1.165, 1.54) is 12.0 Å². The van der Waals surface area contributed by atoms with Crippen LogP contribution in [0.1, 0.15) is 17.2 Å². The molecule has 7 nitrogen and oxygen atoms in total. The van der Waals surface area contributed by atoms with Crippen LogP contribution in [0, 0.1) is 0 Å². The maximum absolute atomic E-state index is 12.3. The van der Waals surface area contributed by atoms with Gasteiger partial charge >= 0.3 is 6.09 Å². The molecule has 1 fully saturated rings. The number of aromatic nitrogens is 1. The molecule has 0 spiro atoms. The van der Waals surface area contributed by atoms with Crippen molar-refractivity contribution in [2.24, 2.45) is 5.73 Å². The molecule has 3 rings (SSSR count). The van der Waals surface area contributed by atoms with Gasteiger partial charge in [0, 0.05) is 17.3 Å². The fourth-order valence-corrected chi connectivity index (χ4v) is 2.84. The van der Waals surface area contributed by atoms with Crippen LogP contribution in [0.4, 0.5) is 4.79 Å². The van der Waals surface area contributed by atoms with E-state index in [1.807, 2.05) is 12.1 Å². The van der Waals surface area contributed by atoms with Gasteiger partial charge < -0.3 is 15.2 Å². The van der Waals surface area contributed by atoms with Gasteiger partial charge in [0.05, 0.1) is 19.7 Å². The molecule has 1 aromatic carbocycles. The molecular weight excluding hydrogens is 346 g/mol. The summed E-state index contributed by atoms with van der Waals surface area (Å²) in [6.07, 6.45) is 0.0243. The molecule has 1 aliphatic rings. The Hall–Kier alpha value is -2.80. The predicted octanol–water partition coefficient (Wildman–Crippen LogP) is 2.14. The molecule has 2 N–H and O–H groups in total. The molecule has 8 heteroatoms. The fraction of sp³-hybridized carbons (Fsp3) is 0.235. The topological polar surface area (TPSA) is 94.8 Å². The number of hydrogen-bond acceptors (Lipinski definition) is 5. The number of hydrogen-bond donors (Lipinski definition) is 1. The van der Waals surface area contributed by atoms with Crippen LogP contribution in [0.15, 0.2) is 42.6 Å². The number of pyridine rings is 1. The summed E-state index contributed by atoms with van der Waals surface area (Å²) in [5.74, 6) is -0.226. The van der Waals surface area contributed by atoms with Crippen molar-refractivity contribution in [1.82, 2.24) is 9.88 Å². The number of nitrogens with zero attached hydrogens (tertiary/aromatic N) is 2. The number of primary amides is 1. The molecule has 1 aromatic heterocycles. The molecule has 1 aliphatic heterocycles. The van der Waals surface area contributed by atoms with Gasteiger partial charge in [-0.05, 0) is 29.3 Å². The van der Waals surface area contributed by atoms with Crippen LogP contribution in [0.2, 0.25) is 5.02 Å². The number of nitrogens with two attached hydrogens (primary N) is 1. The molecule has 25 heavy (non-hydrogen) atoms. The minimum Gasteiger partial charge on any atom is -0.481 e. The predicted molar refractivity (Wildman–Crippen MR) is 90.3 cm³/mol. The highest BCUT2D eigenvalue weighted by atomic mass is 35.5. The van der Waals surface area contributed by atoms with Crippen LogP contribution in [0.3, 0.4) is 0 Å². The van der Waals surface area contributed by atoms with E-state index in [0.717, 1.165) is 11.1 Å². The van der Waals surface area contributed by atoms with Crippen LogP contribution >= 0.6 is 11.6 Å². The molecule has 2 atom stereocenters. The van der Waals surface area contributed by atoms with E-state index in [0.29, 0.717) is 10.9 Å². The first kappa shape index (κ1) is 17.0. The Labute approximate surface area is 149 Å². The highest BCUT2D eigenvalue weighted by Gasteiger charge is 2.40. The Morgan fingerprint density at radius 1 is 1.32 bits per heavy atom. The van der Waals surface area contributed by atoms with Crippen molar-refractivity contribution in [3.8, 4) is 5.88 Å². The van der Waals surface area contributed by atoms with Gasteiger partial charge in [-0.2, -0.15) is 0 Å². The standard InChI is InChI=1S/C17H16ClN3O4/c1-24-14-7-4-11(8-20-14)15(10-2-5-12(18)6-3-10)21-9-13(16(19)22)25-17(21)23/h2-8,13,15H,9H2,1H3,(H2,19,22)/t13?,15-/m0/s1. The van der Waals surface area contributed by atoms with Crippen LogP contribution in [-0.2, 0) is 9.53 Å². The molecule has 2 aromatic rings. The van der Waals surface area contributed by atoms with Gasteiger partial charge in [0.1, 0.15) is 0 Å². The summed E-state index contributed by atoms with van der Waals surface area (Å²) in [6, 6.07) is 10.1. The lowest BCUT2D eigenvalue weighted by atomic mass is 9.98. The van der Waals surface area contributed by atoms with E-state index in [2.05, 4.69) is 4.98 Å². The van der Waals surface area contributed by atoms with Gasteiger partial charge in [0.2, 0.25) is 5.88 Å². The summed E-state index contributed by atoms with van der Waals surface area (Å²) in [4.78, 5) is 29.3. The zero-order valence-corrected chi connectivity index (χ0v) is 14.1. The van der Waals surface area contributed by atoms with Crippen molar-refractivity contribution >= 4 is 23.6 Å². The zero-order valence-electron chi connectivity index (χ0n) is 13.4. The highest BCUT2D eigenvalue weighted by Crippen LogP contribution is 2.33. The minimum atomic E-state index is -0.978. The van der Waals surface area contributed by atoms with E-state index < -0.39 is 24.1 Å². The van der Waals surface area contributed by atoms with Crippen LogP contribution in [0.5, 0.6) is 5.88 Å². The largest absolute Gasteiger partial charge is 0.481 e. The number of rotatable bonds is 5. The molecular formula is C17H16ClN3O4. The average molecular weight is 362 g/mol. The van der Waals surface area contributed by atoms with Crippen molar-refractivity contribution in [3.63, 3.8) is 0 Å². The third-order valence-corrected chi connectivity index (χ3v) is 4.19. The normalized spacial score (nSPS) is 17.9. The van der Waals surface area contributed by atoms with E-state index in [1.54, 1.807) is 30.5 Å². The van der Waals surface area contributed by atoms with Gasteiger partial charge in [-0.1, -0.05) is 23.7 Å². The molecule has 0 bridgehead atoms. The quantitative estimate of drug-likeness (QED) is 0.880. The van der Waals surface area contributed by atoms with Gasteiger partial charge in [-0.15, -0.1) is 0 Å². The third kappa shape index (κ3) is 3.51. The van der Waals surface area contributed by atoms with Gasteiger partial charge in [-0.25, -0.2) is 9.78 Å². The first-order chi connectivity index (χ1) is 12.0. The number of halogens is 1. The van der Waals surface area contributed by atoms with Gasteiger partial charge in [-0.3, -0.25) is 9.69 Å². The Balaban J connectivity index is 2.01. The lowest BCUT2D eigenvalue weighted by Gasteiger charge is -2.26. The molecule has 0 radical (unpaired) electrons. The van der Waals surface area contributed by atoms with Crippen LogP contribution in [-0.4, -0.2) is 41.6 Å².